The largest absolute Gasteiger partial charge is 0.380 e. The Morgan fingerprint density at radius 1 is 1.60 bits per heavy atom. The second-order valence-corrected chi connectivity index (χ2v) is 4.56. The van der Waals surface area contributed by atoms with Gasteiger partial charge in [-0.2, -0.15) is 0 Å². The molecule has 1 heterocycles. The van der Waals surface area contributed by atoms with Crippen molar-refractivity contribution in [1.82, 2.24) is 10.6 Å². The second kappa shape index (κ2) is 7.96. The summed E-state index contributed by atoms with van der Waals surface area (Å²) in [6.45, 7) is 4.16. The lowest BCUT2D eigenvalue weighted by molar-refractivity contribution is -0.122. The molecule has 1 unspecified atom stereocenters. The molecule has 1 aliphatic heterocycles. The lowest BCUT2D eigenvalue weighted by atomic mass is 10.3. The van der Waals surface area contributed by atoms with E-state index >= 15 is 0 Å². The number of ether oxygens (including phenoxy) is 1. The molecule has 0 aromatic carbocycles. The van der Waals surface area contributed by atoms with Crippen LogP contribution < -0.4 is 10.6 Å². The maximum absolute atomic E-state index is 11.5. The molecule has 88 valence electrons. The minimum Gasteiger partial charge on any atom is -0.380 e. The van der Waals surface area contributed by atoms with Crippen LogP contribution in [0.5, 0.6) is 0 Å². The maximum Gasteiger partial charge on any atom is 0.238 e. The number of carbonyl (C=O) groups excluding carboxylic acids is 1. The first-order valence-electron chi connectivity index (χ1n) is 5.51. The van der Waals surface area contributed by atoms with Crippen molar-refractivity contribution in [3.63, 3.8) is 0 Å². The van der Waals surface area contributed by atoms with E-state index in [4.69, 9.17) is 4.74 Å². The molecule has 5 heteroatoms. The molecule has 2 N–H and O–H groups in total. The Hall–Kier alpha value is -0.260. The van der Waals surface area contributed by atoms with Gasteiger partial charge in [-0.15, -0.1) is 11.8 Å². The lowest BCUT2D eigenvalue weighted by Crippen LogP contribution is -2.43. The molecule has 1 saturated heterocycles. The Kier molecular flexibility index (Phi) is 6.80. The quantitative estimate of drug-likeness (QED) is 0.631. The average molecular weight is 232 g/mol. The third-order valence-electron chi connectivity index (χ3n) is 2.22. The van der Waals surface area contributed by atoms with E-state index in [1.54, 1.807) is 11.8 Å². The highest BCUT2D eigenvalue weighted by molar-refractivity contribution is 7.99. The summed E-state index contributed by atoms with van der Waals surface area (Å²) in [5.74, 6) is 1.85. The average Bonchev–Trinajstić information content (AvgIpc) is 2.76. The van der Waals surface area contributed by atoms with E-state index in [0.717, 1.165) is 31.1 Å². The maximum atomic E-state index is 11.5. The van der Waals surface area contributed by atoms with Gasteiger partial charge in [0, 0.05) is 24.8 Å². The van der Waals surface area contributed by atoms with Crippen LogP contribution in [-0.2, 0) is 9.53 Å². The minimum atomic E-state index is -0.00866. The van der Waals surface area contributed by atoms with Crippen LogP contribution in [0.4, 0.5) is 0 Å². The summed E-state index contributed by atoms with van der Waals surface area (Å²) in [6, 6.07) is -0.00866. The standard InChI is InChI=1S/C10H20N2O2S/c1-2-3-5-14-6-4-11-10(13)9-7-15-8-12-9/h9,12H,2-8H2,1H3,(H,11,13). The molecule has 4 nitrogen and oxygen atoms in total. The molecule has 1 fully saturated rings. The van der Waals surface area contributed by atoms with Crippen molar-refractivity contribution < 1.29 is 9.53 Å². The predicted octanol–water partition coefficient (Wildman–Crippen LogP) is 0.582. The van der Waals surface area contributed by atoms with E-state index in [1.165, 1.54) is 0 Å². The third kappa shape index (κ3) is 5.39. The number of thioether (sulfide) groups is 1. The van der Waals surface area contributed by atoms with Crippen molar-refractivity contribution in [1.29, 1.82) is 0 Å². The van der Waals surface area contributed by atoms with E-state index in [2.05, 4.69) is 17.6 Å². The Morgan fingerprint density at radius 3 is 3.13 bits per heavy atom. The Labute approximate surface area is 95.5 Å². The van der Waals surface area contributed by atoms with Gasteiger partial charge in [-0.25, -0.2) is 0 Å². The zero-order valence-corrected chi connectivity index (χ0v) is 10.1. The number of hydrogen-bond donors (Lipinski definition) is 2. The summed E-state index contributed by atoms with van der Waals surface area (Å²) >= 11 is 1.76. The van der Waals surface area contributed by atoms with Crippen molar-refractivity contribution in [2.75, 3.05) is 31.4 Å². The molecule has 1 aliphatic rings. The van der Waals surface area contributed by atoms with Gasteiger partial charge in [0.2, 0.25) is 5.91 Å². The summed E-state index contributed by atoms with van der Waals surface area (Å²) in [4.78, 5) is 11.5. The topological polar surface area (TPSA) is 50.4 Å². The highest BCUT2D eigenvalue weighted by atomic mass is 32.2. The molecule has 0 radical (unpaired) electrons. The van der Waals surface area contributed by atoms with Crippen molar-refractivity contribution in [2.24, 2.45) is 0 Å². The molecule has 15 heavy (non-hydrogen) atoms. The summed E-state index contributed by atoms with van der Waals surface area (Å²) in [7, 11) is 0. The second-order valence-electron chi connectivity index (χ2n) is 3.53. The summed E-state index contributed by atoms with van der Waals surface area (Å²) in [5, 5.41) is 5.99. The summed E-state index contributed by atoms with van der Waals surface area (Å²) < 4.78 is 5.35. The number of amides is 1. The van der Waals surface area contributed by atoms with Gasteiger partial charge in [0.25, 0.3) is 0 Å². The van der Waals surface area contributed by atoms with Gasteiger partial charge < -0.3 is 10.1 Å². The van der Waals surface area contributed by atoms with Gasteiger partial charge in [0.05, 0.1) is 12.6 Å². The van der Waals surface area contributed by atoms with Crippen LogP contribution in [0.2, 0.25) is 0 Å². The number of hydrogen-bond acceptors (Lipinski definition) is 4. The molecule has 1 rings (SSSR count). The number of nitrogens with one attached hydrogen (secondary N) is 2. The third-order valence-corrected chi connectivity index (χ3v) is 3.16. The fraction of sp³-hybridized carbons (Fsp3) is 0.900. The molecule has 1 atom stereocenters. The zero-order valence-electron chi connectivity index (χ0n) is 9.25. The van der Waals surface area contributed by atoms with Crippen molar-refractivity contribution in [3.8, 4) is 0 Å². The van der Waals surface area contributed by atoms with Gasteiger partial charge in [-0.05, 0) is 6.42 Å². The number of rotatable bonds is 7. The molecule has 0 bridgehead atoms. The van der Waals surface area contributed by atoms with E-state index < -0.39 is 0 Å². The predicted molar refractivity (Wildman–Crippen MR) is 63.0 cm³/mol. The van der Waals surface area contributed by atoms with Gasteiger partial charge in [-0.1, -0.05) is 13.3 Å². The fourth-order valence-corrected chi connectivity index (χ4v) is 2.22. The molecule has 0 aliphatic carbocycles. The normalized spacial score (nSPS) is 20.5. The highest BCUT2D eigenvalue weighted by Gasteiger charge is 2.21. The van der Waals surface area contributed by atoms with Crippen LogP contribution in [0, 0.1) is 0 Å². The van der Waals surface area contributed by atoms with Crippen LogP contribution in [0.3, 0.4) is 0 Å². The van der Waals surface area contributed by atoms with E-state index in [0.29, 0.717) is 13.2 Å². The van der Waals surface area contributed by atoms with Gasteiger partial charge in [-0.3, -0.25) is 10.1 Å². The zero-order chi connectivity index (χ0) is 10.9. The van der Waals surface area contributed by atoms with Gasteiger partial charge in [0.15, 0.2) is 0 Å². The monoisotopic (exact) mass is 232 g/mol. The van der Waals surface area contributed by atoms with Crippen LogP contribution in [0.1, 0.15) is 19.8 Å². The van der Waals surface area contributed by atoms with Gasteiger partial charge in [0.1, 0.15) is 0 Å². The smallest absolute Gasteiger partial charge is 0.238 e. The Balaban J connectivity index is 1.92. The fourth-order valence-electron chi connectivity index (χ4n) is 1.28. The van der Waals surface area contributed by atoms with Gasteiger partial charge >= 0.3 is 0 Å². The number of unbranched alkanes of at least 4 members (excludes halogenated alkanes) is 1. The lowest BCUT2D eigenvalue weighted by Gasteiger charge is -2.10. The van der Waals surface area contributed by atoms with Crippen LogP contribution in [0.15, 0.2) is 0 Å². The molecular formula is C10H20N2O2S. The van der Waals surface area contributed by atoms with E-state index in [1.807, 2.05) is 0 Å². The first-order valence-corrected chi connectivity index (χ1v) is 6.66. The Bertz CT molecular complexity index is 184. The van der Waals surface area contributed by atoms with E-state index in [9.17, 15) is 4.79 Å². The molecule has 0 aromatic heterocycles. The summed E-state index contributed by atoms with van der Waals surface area (Å²) in [5.41, 5.74) is 0. The first-order chi connectivity index (χ1) is 7.34. The van der Waals surface area contributed by atoms with Crippen molar-refractivity contribution >= 4 is 17.7 Å². The molecule has 0 spiro atoms. The SMILES string of the molecule is CCCCOCCNC(=O)C1CSCN1. The number of carbonyl (C=O) groups is 1. The highest BCUT2D eigenvalue weighted by Crippen LogP contribution is 2.08. The Morgan fingerprint density at radius 2 is 2.47 bits per heavy atom. The van der Waals surface area contributed by atoms with E-state index in [-0.39, 0.29) is 11.9 Å². The first kappa shape index (κ1) is 12.8. The summed E-state index contributed by atoms with van der Waals surface area (Å²) in [6.07, 6.45) is 2.24. The molecule has 0 aromatic rings. The van der Waals surface area contributed by atoms with Crippen molar-refractivity contribution in [2.45, 2.75) is 25.8 Å². The molecule has 1 amide bonds. The van der Waals surface area contributed by atoms with Crippen LogP contribution in [0.25, 0.3) is 0 Å². The van der Waals surface area contributed by atoms with Crippen molar-refractivity contribution in [3.05, 3.63) is 0 Å². The molecular weight excluding hydrogens is 212 g/mol. The van der Waals surface area contributed by atoms with Crippen LogP contribution in [-0.4, -0.2) is 43.3 Å². The minimum absolute atomic E-state index is 0.00866. The van der Waals surface area contributed by atoms with Crippen LogP contribution >= 0.6 is 11.8 Å². The molecule has 0 saturated carbocycles.